The molecule has 0 aliphatic carbocycles. The van der Waals surface area contributed by atoms with Crippen LogP contribution in [0.15, 0.2) is 48.5 Å². The van der Waals surface area contributed by atoms with Crippen molar-refractivity contribution in [1.82, 2.24) is 4.90 Å². The van der Waals surface area contributed by atoms with Crippen molar-refractivity contribution in [2.24, 2.45) is 11.3 Å². The zero-order chi connectivity index (χ0) is 32.1. The van der Waals surface area contributed by atoms with E-state index in [1.165, 1.54) is 67.2 Å². The molecule has 3 rings (SSSR count). The number of nitrogens with zero attached hydrogens (tertiary/aromatic N) is 3. The van der Waals surface area contributed by atoms with Crippen molar-refractivity contribution >= 4 is 47.0 Å². The first kappa shape index (κ1) is 33.0. The number of ether oxygens (including phenoxy) is 3. The van der Waals surface area contributed by atoms with Crippen LogP contribution >= 0.6 is 11.8 Å². The topological polar surface area (TPSA) is 185 Å². The molecule has 2 aromatic rings. The van der Waals surface area contributed by atoms with Crippen LogP contribution in [0.3, 0.4) is 0 Å². The van der Waals surface area contributed by atoms with E-state index in [4.69, 9.17) is 14.2 Å². The van der Waals surface area contributed by atoms with Crippen molar-refractivity contribution in [3.8, 4) is 0 Å². The van der Waals surface area contributed by atoms with Gasteiger partial charge in [0.1, 0.15) is 25.2 Å². The van der Waals surface area contributed by atoms with Gasteiger partial charge in [0.25, 0.3) is 11.4 Å². The molecule has 230 valence electrons. The highest BCUT2D eigenvalue weighted by molar-refractivity contribution is 7.99. The fourth-order valence-electron chi connectivity index (χ4n) is 4.30. The summed E-state index contributed by atoms with van der Waals surface area (Å²) in [7, 11) is 0. The number of amides is 1. The average molecular weight is 618 g/mol. The van der Waals surface area contributed by atoms with E-state index < -0.39 is 62.5 Å². The molecule has 15 heteroatoms. The van der Waals surface area contributed by atoms with Gasteiger partial charge in [-0.1, -0.05) is 20.8 Å². The third kappa shape index (κ3) is 7.85. The predicted octanol–water partition coefficient (Wildman–Crippen LogP) is 4.42. The molecule has 0 saturated carbocycles. The van der Waals surface area contributed by atoms with Gasteiger partial charge in [-0.05, 0) is 48.6 Å². The largest absolute Gasteiger partial charge is 0.508 e. The zero-order valence-electron chi connectivity index (χ0n) is 24.1. The van der Waals surface area contributed by atoms with Gasteiger partial charge in [0.15, 0.2) is 11.8 Å². The number of thioether (sulfide) groups is 1. The van der Waals surface area contributed by atoms with Crippen LogP contribution in [-0.4, -0.2) is 62.3 Å². The normalized spacial score (nSPS) is 17.7. The minimum Gasteiger partial charge on any atom is -0.459 e. The summed E-state index contributed by atoms with van der Waals surface area (Å²) < 4.78 is 15.8. The maximum atomic E-state index is 13.4. The molecule has 4 unspecified atom stereocenters. The lowest BCUT2D eigenvalue weighted by atomic mass is 9.82. The maximum absolute atomic E-state index is 13.4. The lowest BCUT2D eigenvalue weighted by molar-refractivity contribution is -0.385. The number of ketones is 1. The average Bonchev–Trinajstić information content (AvgIpc) is 2.95. The van der Waals surface area contributed by atoms with Crippen molar-refractivity contribution in [3.05, 3.63) is 79.9 Å². The Kier molecular flexibility index (Phi) is 10.5. The number of β-lactam (4-membered cyclic amide) rings is 1. The number of likely N-dealkylation sites (tertiary alicyclic amines) is 1. The smallest absolute Gasteiger partial charge is 0.459 e. The van der Waals surface area contributed by atoms with Crippen LogP contribution in [0.1, 0.15) is 38.8 Å². The molecular formula is C28H31N3O11S. The number of carbonyl (C=O) groups excluding carboxylic acids is 4. The van der Waals surface area contributed by atoms with Crippen molar-refractivity contribution in [3.63, 3.8) is 0 Å². The number of nitro groups is 2. The third-order valence-corrected chi connectivity index (χ3v) is 7.67. The molecule has 1 amide bonds. The van der Waals surface area contributed by atoms with Crippen LogP contribution in [0, 0.1) is 31.6 Å². The summed E-state index contributed by atoms with van der Waals surface area (Å²) in [4.78, 5) is 74.0. The lowest BCUT2D eigenvalue weighted by Crippen LogP contribution is -2.70. The zero-order valence-corrected chi connectivity index (χ0v) is 24.9. The van der Waals surface area contributed by atoms with Crippen LogP contribution in [0.25, 0.3) is 0 Å². The van der Waals surface area contributed by atoms with E-state index in [0.29, 0.717) is 11.1 Å². The molecule has 0 aromatic heterocycles. The molecule has 0 spiro atoms. The number of rotatable bonds is 12. The van der Waals surface area contributed by atoms with Gasteiger partial charge in [0.05, 0.1) is 15.2 Å². The van der Waals surface area contributed by atoms with Gasteiger partial charge in [-0.15, -0.1) is 11.8 Å². The number of carbonyl (C=O) groups is 4. The van der Waals surface area contributed by atoms with Crippen LogP contribution in [0.4, 0.5) is 16.2 Å². The molecule has 1 aliphatic rings. The molecule has 1 fully saturated rings. The van der Waals surface area contributed by atoms with Crippen molar-refractivity contribution in [1.29, 1.82) is 0 Å². The Labute approximate surface area is 250 Å². The van der Waals surface area contributed by atoms with Gasteiger partial charge in [-0.2, -0.15) is 0 Å². The lowest BCUT2D eigenvalue weighted by Gasteiger charge is -2.50. The summed E-state index contributed by atoms with van der Waals surface area (Å²) in [5, 5.41) is 21.0. The Hall–Kier alpha value is -4.53. The predicted molar refractivity (Wildman–Crippen MR) is 153 cm³/mol. The second kappa shape index (κ2) is 13.6. The summed E-state index contributed by atoms with van der Waals surface area (Å²) in [5.74, 6) is -2.99. The van der Waals surface area contributed by atoms with E-state index in [9.17, 15) is 39.4 Å². The van der Waals surface area contributed by atoms with E-state index in [2.05, 4.69) is 0 Å². The summed E-state index contributed by atoms with van der Waals surface area (Å²) in [5.41, 5.74) is -0.338. The first-order chi connectivity index (χ1) is 20.1. The fourth-order valence-corrected chi connectivity index (χ4v) is 5.38. The van der Waals surface area contributed by atoms with E-state index in [1.807, 2.05) is 0 Å². The van der Waals surface area contributed by atoms with Crippen LogP contribution < -0.4 is 0 Å². The summed E-state index contributed by atoms with van der Waals surface area (Å²) in [6.45, 7) is 5.81. The molecule has 0 bridgehead atoms. The van der Waals surface area contributed by atoms with Crippen molar-refractivity contribution in [2.75, 3.05) is 6.26 Å². The Morgan fingerprint density at radius 3 is 1.79 bits per heavy atom. The van der Waals surface area contributed by atoms with Crippen molar-refractivity contribution in [2.45, 2.75) is 58.4 Å². The Morgan fingerprint density at radius 1 is 0.907 bits per heavy atom. The number of benzene rings is 2. The fraction of sp³-hybridized carbons (Fsp3) is 0.429. The molecular weight excluding hydrogens is 586 g/mol. The van der Waals surface area contributed by atoms with Crippen molar-refractivity contribution < 1.29 is 43.2 Å². The monoisotopic (exact) mass is 617 g/mol. The van der Waals surface area contributed by atoms with Gasteiger partial charge >= 0.3 is 12.1 Å². The first-order valence-electron chi connectivity index (χ1n) is 13.0. The quantitative estimate of drug-likeness (QED) is 0.107. The van der Waals surface area contributed by atoms with Crippen LogP contribution in [0.2, 0.25) is 0 Å². The highest BCUT2D eigenvalue weighted by atomic mass is 32.2. The second-order valence-corrected chi connectivity index (χ2v) is 11.7. The van der Waals surface area contributed by atoms with E-state index in [-0.39, 0.29) is 24.6 Å². The molecule has 0 radical (unpaired) electrons. The van der Waals surface area contributed by atoms with Gasteiger partial charge in [-0.25, -0.2) is 9.59 Å². The molecule has 43 heavy (non-hydrogen) atoms. The highest BCUT2D eigenvalue weighted by Gasteiger charge is 2.58. The molecule has 0 N–H and O–H groups in total. The van der Waals surface area contributed by atoms with Gasteiger partial charge < -0.3 is 19.1 Å². The second-order valence-electron chi connectivity index (χ2n) is 10.7. The number of hydrogen-bond donors (Lipinski definition) is 0. The molecule has 2 aromatic carbocycles. The standard InChI is InChI=1S/C28H31N3O11S/c1-16(42-27(35)41-15-18-8-12-20(13-9-18)31(38)39)21-24(33)29(25(21)43-5)22(23(32)28(2,3)4)26(34)40-14-17-6-10-19(11-7-17)30(36)37/h6-13,16,21-22,25H,14-15H2,1-5H3. The highest BCUT2D eigenvalue weighted by Crippen LogP contribution is 2.40. The molecule has 1 saturated heterocycles. The minimum absolute atomic E-state index is 0.116. The minimum atomic E-state index is -1.57. The van der Waals surface area contributed by atoms with Gasteiger partial charge in [0.2, 0.25) is 5.91 Å². The number of hydrogen-bond acceptors (Lipinski definition) is 12. The molecule has 14 nitrogen and oxygen atoms in total. The van der Waals surface area contributed by atoms with Gasteiger partial charge in [0, 0.05) is 29.7 Å². The molecule has 4 atom stereocenters. The third-order valence-electron chi connectivity index (χ3n) is 6.67. The number of nitro benzene ring substituents is 2. The summed E-state index contributed by atoms with van der Waals surface area (Å²) >= 11 is 1.19. The number of esters is 1. The summed E-state index contributed by atoms with van der Waals surface area (Å²) in [6, 6.07) is 9.17. The van der Waals surface area contributed by atoms with E-state index >= 15 is 0 Å². The van der Waals surface area contributed by atoms with Crippen LogP contribution in [0.5, 0.6) is 0 Å². The van der Waals surface area contributed by atoms with E-state index in [0.717, 1.165) is 4.90 Å². The Morgan fingerprint density at radius 2 is 1.37 bits per heavy atom. The van der Waals surface area contributed by atoms with Crippen LogP contribution in [-0.2, 0) is 41.8 Å². The maximum Gasteiger partial charge on any atom is 0.508 e. The number of Topliss-reactive ketones (excluding diaryl/α,β-unsaturated/α-hetero) is 1. The molecule has 1 heterocycles. The first-order valence-corrected chi connectivity index (χ1v) is 14.3. The number of non-ortho nitro benzene ring substituents is 2. The Bertz CT molecular complexity index is 1390. The summed E-state index contributed by atoms with van der Waals surface area (Å²) in [6.07, 6.45) is -0.369. The molecule has 1 aliphatic heterocycles. The Balaban J connectivity index is 1.67. The SMILES string of the molecule is CSC1C(C(C)OC(=O)OCc2ccc([N+](=O)[O-])cc2)C(=O)N1C(C(=O)OCc1ccc([N+](=O)[O-])cc1)C(=O)C(C)(C)C. The van der Waals surface area contributed by atoms with E-state index in [1.54, 1.807) is 27.0 Å². The van der Waals surface area contributed by atoms with Gasteiger partial charge in [-0.3, -0.25) is 29.8 Å².